The smallest absolute Gasteiger partial charge is 0.228 e. The first kappa shape index (κ1) is 13.4. The van der Waals surface area contributed by atoms with E-state index >= 15 is 0 Å². The number of carbonyl (C=O) groups is 2. The maximum absolute atomic E-state index is 12.0. The minimum absolute atomic E-state index is 0.0324. The number of anilines is 1. The van der Waals surface area contributed by atoms with Crippen molar-refractivity contribution >= 4 is 40.1 Å². The Morgan fingerprint density at radius 3 is 2.83 bits per heavy atom. The number of hydrogen-bond donors (Lipinski definition) is 0. The Morgan fingerprint density at radius 1 is 1.50 bits per heavy atom. The predicted octanol–water partition coefficient (Wildman–Crippen LogP) is 3.03. The summed E-state index contributed by atoms with van der Waals surface area (Å²) in [4.78, 5) is 24.8. The van der Waals surface area contributed by atoms with E-state index in [1.807, 2.05) is 19.1 Å². The summed E-state index contributed by atoms with van der Waals surface area (Å²) < 4.78 is 0. The van der Waals surface area contributed by atoms with E-state index in [-0.39, 0.29) is 16.3 Å². The monoisotopic (exact) mass is 283 g/mol. The van der Waals surface area contributed by atoms with Crippen LogP contribution in [0.4, 0.5) is 5.69 Å². The molecule has 1 aliphatic heterocycles. The van der Waals surface area contributed by atoms with Crippen LogP contribution in [0.3, 0.4) is 0 Å². The van der Waals surface area contributed by atoms with Gasteiger partial charge < -0.3 is 4.90 Å². The van der Waals surface area contributed by atoms with E-state index in [1.54, 1.807) is 11.0 Å². The molecule has 1 atom stereocenters. The van der Waals surface area contributed by atoms with Crippen molar-refractivity contribution in [2.24, 2.45) is 0 Å². The summed E-state index contributed by atoms with van der Waals surface area (Å²) in [6.07, 6.45) is 0.398. The highest BCUT2D eigenvalue weighted by Crippen LogP contribution is 2.35. The first-order valence-corrected chi connectivity index (χ1v) is 6.97. The van der Waals surface area contributed by atoms with E-state index in [9.17, 15) is 9.59 Å². The fourth-order valence-electron chi connectivity index (χ4n) is 2.17. The first-order valence-electron chi connectivity index (χ1n) is 5.71. The van der Waals surface area contributed by atoms with Gasteiger partial charge in [-0.25, -0.2) is 0 Å². The van der Waals surface area contributed by atoms with Gasteiger partial charge >= 0.3 is 0 Å². The number of carbonyl (C=O) groups excluding carboxylic acids is 2. The zero-order valence-corrected chi connectivity index (χ0v) is 11.8. The van der Waals surface area contributed by atoms with Crippen LogP contribution in [0.5, 0.6) is 0 Å². The van der Waals surface area contributed by atoms with E-state index in [4.69, 9.17) is 11.6 Å². The van der Waals surface area contributed by atoms with E-state index in [0.717, 1.165) is 11.3 Å². The quantitative estimate of drug-likeness (QED) is 0.837. The molecular formula is C13H14ClNO2S. The van der Waals surface area contributed by atoms with Crippen molar-refractivity contribution in [1.82, 2.24) is 0 Å². The van der Waals surface area contributed by atoms with Crippen LogP contribution in [0.1, 0.15) is 18.9 Å². The molecule has 0 spiro atoms. The molecule has 0 aromatic heterocycles. The number of nitrogens with zero attached hydrogens (tertiary/aromatic N) is 1. The Balaban J connectivity index is 2.24. The van der Waals surface area contributed by atoms with E-state index in [2.05, 4.69) is 0 Å². The van der Waals surface area contributed by atoms with Gasteiger partial charge in [0.2, 0.25) is 5.91 Å². The van der Waals surface area contributed by atoms with Crippen LogP contribution in [0, 0.1) is 6.92 Å². The van der Waals surface area contributed by atoms with Crippen LogP contribution in [0.2, 0.25) is 5.02 Å². The maximum Gasteiger partial charge on any atom is 0.228 e. The van der Waals surface area contributed by atoms with Gasteiger partial charge in [0.25, 0.3) is 0 Å². The second-order valence-electron chi connectivity index (χ2n) is 4.35. The average Bonchev–Trinajstić information content (AvgIpc) is 2.58. The summed E-state index contributed by atoms with van der Waals surface area (Å²) >= 11 is 7.39. The fraction of sp³-hybridized carbons (Fsp3) is 0.385. The van der Waals surface area contributed by atoms with Crippen molar-refractivity contribution < 1.29 is 9.59 Å². The molecule has 0 radical (unpaired) electrons. The van der Waals surface area contributed by atoms with Gasteiger partial charge in [-0.15, -0.1) is 0 Å². The van der Waals surface area contributed by atoms with Crippen molar-refractivity contribution in [3.63, 3.8) is 0 Å². The zero-order valence-electron chi connectivity index (χ0n) is 10.3. The van der Waals surface area contributed by atoms with Crippen molar-refractivity contribution in [3.05, 3.63) is 28.8 Å². The first-order chi connectivity index (χ1) is 8.49. The molecule has 0 bridgehead atoms. The SMILES string of the molecule is CC(=O)SC1CC(=O)N(c2c(C)cccc2Cl)C1. The second kappa shape index (κ2) is 5.33. The van der Waals surface area contributed by atoms with Crippen LogP contribution in [-0.2, 0) is 9.59 Å². The molecule has 1 fully saturated rings. The minimum atomic E-state index is 0.0324. The normalized spacial score (nSPS) is 19.4. The molecule has 3 nitrogen and oxygen atoms in total. The molecule has 96 valence electrons. The Hall–Kier alpha value is -1.00. The van der Waals surface area contributed by atoms with Gasteiger partial charge in [0.05, 0.1) is 10.7 Å². The van der Waals surface area contributed by atoms with Crippen LogP contribution in [0.15, 0.2) is 18.2 Å². The maximum atomic E-state index is 12.0. The molecule has 1 aromatic rings. The molecule has 0 saturated carbocycles. The van der Waals surface area contributed by atoms with Crippen molar-refractivity contribution in [3.8, 4) is 0 Å². The number of rotatable bonds is 2. The Morgan fingerprint density at radius 2 is 2.22 bits per heavy atom. The van der Waals surface area contributed by atoms with E-state index in [0.29, 0.717) is 18.0 Å². The summed E-state index contributed by atoms with van der Waals surface area (Å²) in [6.45, 7) is 4.01. The number of hydrogen-bond acceptors (Lipinski definition) is 3. The van der Waals surface area contributed by atoms with Crippen molar-refractivity contribution in [2.75, 3.05) is 11.4 Å². The molecule has 5 heteroatoms. The van der Waals surface area contributed by atoms with Crippen LogP contribution < -0.4 is 4.90 Å². The molecule has 18 heavy (non-hydrogen) atoms. The number of halogens is 1. The summed E-state index contributed by atoms with van der Waals surface area (Å²) in [7, 11) is 0. The fourth-order valence-corrected chi connectivity index (χ4v) is 3.41. The third-order valence-corrected chi connectivity index (χ3v) is 4.17. The molecule has 1 unspecified atom stereocenters. The number of thioether (sulfide) groups is 1. The van der Waals surface area contributed by atoms with Gasteiger partial charge in [0.15, 0.2) is 5.12 Å². The van der Waals surface area contributed by atoms with Gasteiger partial charge in [-0.3, -0.25) is 9.59 Å². The average molecular weight is 284 g/mol. The van der Waals surface area contributed by atoms with Gasteiger partial charge in [-0.05, 0) is 18.6 Å². The third-order valence-electron chi connectivity index (χ3n) is 2.88. The molecule has 0 aliphatic carbocycles. The Bertz CT molecular complexity index is 484. The topological polar surface area (TPSA) is 37.4 Å². The number of amides is 1. The Kier molecular flexibility index (Phi) is 3.97. The lowest BCUT2D eigenvalue weighted by Gasteiger charge is -2.20. The van der Waals surface area contributed by atoms with E-state index in [1.165, 1.54) is 18.7 Å². The summed E-state index contributed by atoms with van der Waals surface area (Å²) in [5.74, 6) is 0.0324. The summed E-state index contributed by atoms with van der Waals surface area (Å²) in [5.41, 5.74) is 1.75. The third kappa shape index (κ3) is 2.70. The van der Waals surface area contributed by atoms with Crippen LogP contribution in [0.25, 0.3) is 0 Å². The molecule has 1 saturated heterocycles. The lowest BCUT2D eigenvalue weighted by atomic mass is 10.2. The van der Waals surface area contributed by atoms with Gasteiger partial charge in [-0.2, -0.15) is 0 Å². The summed E-state index contributed by atoms with van der Waals surface area (Å²) in [6, 6.07) is 5.58. The van der Waals surface area contributed by atoms with Gasteiger partial charge in [0, 0.05) is 25.1 Å². The van der Waals surface area contributed by atoms with Gasteiger partial charge in [0.1, 0.15) is 0 Å². The number of para-hydroxylation sites is 1. The van der Waals surface area contributed by atoms with Crippen molar-refractivity contribution in [1.29, 1.82) is 0 Å². The highest BCUT2D eigenvalue weighted by Gasteiger charge is 2.33. The zero-order chi connectivity index (χ0) is 13.3. The lowest BCUT2D eigenvalue weighted by Crippen LogP contribution is -2.26. The highest BCUT2D eigenvalue weighted by molar-refractivity contribution is 8.14. The Labute approximate surface area is 115 Å². The molecule has 0 N–H and O–H groups in total. The largest absolute Gasteiger partial charge is 0.310 e. The molecule has 1 amide bonds. The van der Waals surface area contributed by atoms with E-state index < -0.39 is 0 Å². The lowest BCUT2D eigenvalue weighted by molar-refractivity contribution is -0.117. The molecular weight excluding hydrogens is 270 g/mol. The standard InChI is InChI=1S/C13H14ClNO2S/c1-8-4-3-5-11(14)13(8)15-7-10(6-12(15)17)18-9(2)16/h3-5,10H,6-7H2,1-2H3. The van der Waals surface area contributed by atoms with Crippen LogP contribution in [-0.4, -0.2) is 22.8 Å². The minimum Gasteiger partial charge on any atom is -0.310 e. The molecule has 2 rings (SSSR count). The predicted molar refractivity (Wildman–Crippen MR) is 75.2 cm³/mol. The van der Waals surface area contributed by atoms with Crippen molar-refractivity contribution in [2.45, 2.75) is 25.5 Å². The van der Waals surface area contributed by atoms with Gasteiger partial charge in [-0.1, -0.05) is 35.5 Å². The second-order valence-corrected chi connectivity index (χ2v) is 6.23. The summed E-state index contributed by atoms with van der Waals surface area (Å²) in [5, 5.41) is 0.660. The molecule has 1 aromatic carbocycles. The van der Waals surface area contributed by atoms with Crippen LogP contribution >= 0.6 is 23.4 Å². The number of aryl methyl sites for hydroxylation is 1. The highest BCUT2D eigenvalue weighted by atomic mass is 35.5. The molecule has 1 heterocycles. The number of benzene rings is 1. The molecule has 1 aliphatic rings.